The van der Waals surface area contributed by atoms with Crippen LogP contribution in [0.5, 0.6) is 0 Å². The maximum Gasteiger partial charge on any atom is 0.243 e. The molecule has 5 heteroatoms. The standard InChI is InChI=1S/C13H15N3O2/c1-16(13(17)11-3-2-6-14-11)9-4-5-10-12(7-9)18-8-15-10/h4-5,7-8,11,14H,2-3,6H2,1H3. The fourth-order valence-corrected chi connectivity index (χ4v) is 2.31. The second-order valence-corrected chi connectivity index (χ2v) is 4.55. The van der Waals surface area contributed by atoms with E-state index in [0.717, 1.165) is 30.6 Å². The van der Waals surface area contributed by atoms with Crippen LogP contribution in [-0.4, -0.2) is 30.5 Å². The molecule has 0 radical (unpaired) electrons. The fraction of sp³-hybridized carbons (Fsp3) is 0.385. The van der Waals surface area contributed by atoms with E-state index in [-0.39, 0.29) is 11.9 Å². The molecule has 0 saturated carbocycles. The average Bonchev–Trinajstić information content (AvgIpc) is 3.06. The van der Waals surface area contributed by atoms with Crippen molar-refractivity contribution >= 4 is 22.7 Å². The van der Waals surface area contributed by atoms with Crippen molar-refractivity contribution in [2.45, 2.75) is 18.9 Å². The quantitative estimate of drug-likeness (QED) is 0.872. The third-order valence-corrected chi connectivity index (χ3v) is 3.39. The van der Waals surface area contributed by atoms with Crippen LogP contribution < -0.4 is 10.2 Å². The lowest BCUT2D eigenvalue weighted by molar-refractivity contribution is -0.119. The van der Waals surface area contributed by atoms with Gasteiger partial charge in [0.15, 0.2) is 12.0 Å². The first-order chi connectivity index (χ1) is 8.75. The number of nitrogens with zero attached hydrogens (tertiary/aromatic N) is 2. The second kappa shape index (κ2) is 4.42. The number of fused-ring (bicyclic) bond motifs is 1. The van der Waals surface area contributed by atoms with Gasteiger partial charge in [0.05, 0.1) is 6.04 Å². The minimum atomic E-state index is -0.0552. The Labute approximate surface area is 105 Å². The predicted molar refractivity (Wildman–Crippen MR) is 68.4 cm³/mol. The summed E-state index contributed by atoms with van der Waals surface area (Å²) >= 11 is 0. The van der Waals surface area contributed by atoms with Gasteiger partial charge < -0.3 is 14.6 Å². The summed E-state index contributed by atoms with van der Waals surface area (Å²) in [6.45, 7) is 0.922. The zero-order valence-corrected chi connectivity index (χ0v) is 10.2. The molecule has 2 heterocycles. The number of hydrogen-bond acceptors (Lipinski definition) is 4. The first-order valence-electron chi connectivity index (χ1n) is 6.10. The van der Waals surface area contributed by atoms with Crippen molar-refractivity contribution in [1.82, 2.24) is 10.3 Å². The molecule has 2 aromatic rings. The molecule has 1 fully saturated rings. The monoisotopic (exact) mass is 245 g/mol. The van der Waals surface area contributed by atoms with Crippen molar-refractivity contribution in [2.75, 3.05) is 18.5 Å². The number of hydrogen-bond donors (Lipinski definition) is 1. The summed E-state index contributed by atoms with van der Waals surface area (Å²) in [6, 6.07) is 5.54. The molecule has 1 atom stereocenters. The van der Waals surface area contributed by atoms with E-state index >= 15 is 0 Å². The molecule has 1 aliphatic rings. The van der Waals surface area contributed by atoms with Crippen molar-refractivity contribution in [3.8, 4) is 0 Å². The maximum atomic E-state index is 12.2. The number of oxazole rings is 1. The van der Waals surface area contributed by atoms with Crippen LogP contribution in [0.3, 0.4) is 0 Å². The van der Waals surface area contributed by atoms with E-state index < -0.39 is 0 Å². The van der Waals surface area contributed by atoms with E-state index in [2.05, 4.69) is 10.3 Å². The lowest BCUT2D eigenvalue weighted by Crippen LogP contribution is -2.41. The van der Waals surface area contributed by atoms with Gasteiger partial charge in [0, 0.05) is 18.8 Å². The van der Waals surface area contributed by atoms with E-state index in [4.69, 9.17) is 4.42 Å². The maximum absolute atomic E-state index is 12.2. The van der Waals surface area contributed by atoms with Gasteiger partial charge in [-0.3, -0.25) is 4.79 Å². The highest BCUT2D eigenvalue weighted by molar-refractivity contribution is 5.98. The van der Waals surface area contributed by atoms with Gasteiger partial charge in [0.25, 0.3) is 0 Å². The molecule has 1 aliphatic heterocycles. The van der Waals surface area contributed by atoms with Crippen LogP contribution >= 0.6 is 0 Å². The minimum Gasteiger partial charge on any atom is -0.443 e. The Balaban J connectivity index is 1.85. The number of nitrogens with one attached hydrogen (secondary N) is 1. The molecule has 1 aromatic carbocycles. The molecule has 5 nitrogen and oxygen atoms in total. The molecule has 1 saturated heterocycles. The third-order valence-electron chi connectivity index (χ3n) is 3.39. The highest BCUT2D eigenvalue weighted by Gasteiger charge is 2.25. The molecule has 1 aromatic heterocycles. The average molecular weight is 245 g/mol. The van der Waals surface area contributed by atoms with Crippen LogP contribution in [0.25, 0.3) is 11.1 Å². The Hall–Kier alpha value is -1.88. The van der Waals surface area contributed by atoms with Gasteiger partial charge in [-0.2, -0.15) is 0 Å². The topological polar surface area (TPSA) is 58.4 Å². The Morgan fingerprint density at radius 1 is 1.56 bits per heavy atom. The summed E-state index contributed by atoms with van der Waals surface area (Å²) in [5, 5.41) is 3.21. The zero-order chi connectivity index (χ0) is 12.5. The van der Waals surface area contributed by atoms with Crippen LogP contribution in [0.2, 0.25) is 0 Å². The molecule has 3 rings (SSSR count). The number of carbonyl (C=O) groups excluding carboxylic acids is 1. The number of benzene rings is 1. The van der Waals surface area contributed by atoms with E-state index in [1.165, 1.54) is 6.39 Å². The number of aromatic nitrogens is 1. The fourth-order valence-electron chi connectivity index (χ4n) is 2.31. The summed E-state index contributed by atoms with van der Waals surface area (Å²) < 4.78 is 5.25. The Morgan fingerprint density at radius 3 is 3.22 bits per heavy atom. The summed E-state index contributed by atoms with van der Waals surface area (Å²) in [4.78, 5) is 18.0. The zero-order valence-electron chi connectivity index (χ0n) is 10.2. The second-order valence-electron chi connectivity index (χ2n) is 4.55. The van der Waals surface area contributed by atoms with Gasteiger partial charge in [0.2, 0.25) is 5.91 Å². The highest BCUT2D eigenvalue weighted by atomic mass is 16.3. The van der Waals surface area contributed by atoms with E-state index in [1.54, 1.807) is 11.9 Å². The van der Waals surface area contributed by atoms with Crippen molar-refractivity contribution < 1.29 is 9.21 Å². The number of carbonyl (C=O) groups is 1. The highest BCUT2D eigenvalue weighted by Crippen LogP contribution is 2.22. The van der Waals surface area contributed by atoms with Crippen LogP contribution in [0.1, 0.15) is 12.8 Å². The molecule has 0 spiro atoms. The molecular weight excluding hydrogens is 230 g/mol. The normalized spacial score (nSPS) is 19.3. The number of amides is 1. The summed E-state index contributed by atoms with van der Waals surface area (Å²) in [6.07, 6.45) is 3.38. The molecule has 1 amide bonds. The number of likely N-dealkylation sites (N-methyl/N-ethyl adjacent to an activating group) is 1. The molecule has 1 unspecified atom stereocenters. The summed E-state index contributed by atoms with van der Waals surface area (Å²) in [5.41, 5.74) is 2.34. The molecule has 18 heavy (non-hydrogen) atoms. The van der Waals surface area contributed by atoms with Gasteiger partial charge in [-0.25, -0.2) is 4.98 Å². The van der Waals surface area contributed by atoms with Gasteiger partial charge in [-0.05, 0) is 31.5 Å². The third kappa shape index (κ3) is 1.86. The Kier molecular flexibility index (Phi) is 2.76. The van der Waals surface area contributed by atoms with Crippen molar-refractivity contribution in [2.24, 2.45) is 0 Å². The van der Waals surface area contributed by atoms with Crippen LogP contribution in [0, 0.1) is 0 Å². The van der Waals surface area contributed by atoms with Crippen molar-refractivity contribution in [3.63, 3.8) is 0 Å². The Bertz CT molecular complexity index is 572. The molecule has 0 bridgehead atoms. The van der Waals surface area contributed by atoms with E-state index in [9.17, 15) is 4.79 Å². The lowest BCUT2D eigenvalue weighted by Gasteiger charge is -2.21. The largest absolute Gasteiger partial charge is 0.443 e. The van der Waals surface area contributed by atoms with Gasteiger partial charge in [-0.1, -0.05) is 0 Å². The molecule has 1 N–H and O–H groups in total. The summed E-state index contributed by atoms with van der Waals surface area (Å²) in [5.74, 6) is 0.103. The predicted octanol–water partition coefficient (Wildman–Crippen LogP) is 1.54. The van der Waals surface area contributed by atoms with Crippen LogP contribution in [0.15, 0.2) is 29.0 Å². The first kappa shape index (κ1) is 11.2. The minimum absolute atomic E-state index is 0.0552. The molecular formula is C13H15N3O2. The van der Waals surface area contributed by atoms with Crippen molar-refractivity contribution in [3.05, 3.63) is 24.6 Å². The van der Waals surface area contributed by atoms with Crippen LogP contribution in [0.4, 0.5) is 5.69 Å². The van der Waals surface area contributed by atoms with Crippen LogP contribution in [-0.2, 0) is 4.79 Å². The molecule has 94 valence electrons. The number of rotatable bonds is 2. The molecule has 0 aliphatic carbocycles. The summed E-state index contributed by atoms with van der Waals surface area (Å²) in [7, 11) is 1.79. The Morgan fingerprint density at radius 2 is 2.44 bits per heavy atom. The SMILES string of the molecule is CN(C(=O)C1CCCN1)c1ccc2ncoc2c1. The smallest absolute Gasteiger partial charge is 0.243 e. The number of anilines is 1. The first-order valence-corrected chi connectivity index (χ1v) is 6.10. The van der Waals surface area contributed by atoms with Crippen molar-refractivity contribution in [1.29, 1.82) is 0 Å². The van der Waals surface area contributed by atoms with E-state index in [0.29, 0.717) is 5.58 Å². The van der Waals surface area contributed by atoms with E-state index in [1.807, 2.05) is 18.2 Å². The van der Waals surface area contributed by atoms with Gasteiger partial charge in [0.1, 0.15) is 5.52 Å². The lowest BCUT2D eigenvalue weighted by atomic mass is 10.2. The van der Waals surface area contributed by atoms with Gasteiger partial charge in [-0.15, -0.1) is 0 Å². The van der Waals surface area contributed by atoms with Gasteiger partial charge >= 0.3 is 0 Å².